The molecule has 0 bridgehead atoms. The fraction of sp³-hybridized carbons (Fsp3) is 0.714. The average molecular weight is 271 g/mol. The lowest BCUT2D eigenvalue weighted by Gasteiger charge is -2.27. The van der Waals surface area contributed by atoms with Gasteiger partial charge in [-0.25, -0.2) is 0 Å². The maximum absolute atomic E-state index is 5.71. The van der Waals surface area contributed by atoms with E-state index < -0.39 is 0 Å². The van der Waals surface area contributed by atoms with Crippen molar-refractivity contribution in [2.24, 2.45) is 0 Å². The topological polar surface area (TPSA) is 30.5 Å². The summed E-state index contributed by atoms with van der Waals surface area (Å²) in [6.45, 7) is 8.54. The third-order valence-corrected chi connectivity index (χ3v) is 3.55. The summed E-state index contributed by atoms with van der Waals surface area (Å²) in [5.41, 5.74) is 0. The lowest BCUT2D eigenvalue weighted by atomic mass is 10.1. The highest BCUT2D eigenvalue weighted by atomic mass is 32.1. The van der Waals surface area contributed by atoms with Gasteiger partial charge in [0.1, 0.15) is 0 Å². The number of rotatable bonds is 10. The Hall–Kier alpha value is -0.420. The van der Waals surface area contributed by atoms with Crippen molar-refractivity contribution >= 4 is 11.3 Å². The Morgan fingerprint density at radius 3 is 2.44 bits per heavy atom. The Labute approximate surface area is 114 Å². The molecule has 4 heteroatoms. The van der Waals surface area contributed by atoms with Gasteiger partial charge in [0.05, 0.1) is 6.04 Å². The molecule has 1 atom stereocenters. The molecule has 0 radical (unpaired) electrons. The first-order chi connectivity index (χ1) is 8.81. The van der Waals surface area contributed by atoms with Gasteiger partial charge in [-0.3, -0.25) is 0 Å². The van der Waals surface area contributed by atoms with Crippen molar-refractivity contribution in [1.29, 1.82) is 0 Å². The second-order valence-corrected chi connectivity index (χ2v) is 5.16. The zero-order valence-corrected chi connectivity index (χ0v) is 12.5. The molecule has 0 aliphatic heterocycles. The van der Waals surface area contributed by atoms with Crippen LogP contribution in [0.25, 0.3) is 0 Å². The van der Waals surface area contributed by atoms with Crippen molar-refractivity contribution in [3.05, 3.63) is 22.4 Å². The largest absolute Gasteiger partial charge is 0.351 e. The molecule has 1 rings (SSSR count). The van der Waals surface area contributed by atoms with Gasteiger partial charge < -0.3 is 14.8 Å². The van der Waals surface area contributed by atoms with E-state index >= 15 is 0 Å². The van der Waals surface area contributed by atoms with Crippen LogP contribution >= 0.6 is 11.3 Å². The summed E-state index contributed by atoms with van der Waals surface area (Å²) in [6, 6.07) is 4.48. The van der Waals surface area contributed by atoms with Gasteiger partial charge in [0.25, 0.3) is 0 Å². The Morgan fingerprint density at radius 1 is 1.22 bits per heavy atom. The molecule has 1 aromatic heterocycles. The highest BCUT2D eigenvalue weighted by molar-refractivity contribution is 7.09. The highest BCUT2D eigenvalue weighted by Gasteiger charge is 2.22. The van der Waals surface area contributed by atoms with Crippen LogP contribution in [0.15, 0.2) is 17.5 Å². The van der Waals surface area contributed by atoms with Crippen LogP contribution in [0.1, 0.15) is 32.1 Å². The molecule has 3 nitrogen and oxygen atoms in total. The van der Waals surface area contributed by atoms with E-state index in [0.717, 1.165) is 19.4 Å². The molecule has 0 spiro atoms. The molecule has 0 aliphatic rings. The third kappa shape index (κ3) is 5.48. The normalized spacial score (nSPS) is 13.1. The van der Waals surface area contributed by atoms with Gasteiger partial charge in [-0.1, -0.05) is 13.0 Å². The lowest BCUT2D eigenvalue weighted by Crippen LogP contribution is -2.44. The summed E-state index contributed by atoms with van der Waals surface area (Å²) < 4.78 is 11.4. The second kappa shape index (κ2) is 9.50. The lowest BCUT2D eigenvalue weighted by molar-refractivity contribution is -0.153. The average Bonchev–Trinajstić information content (AvgIpc) is 2.87. The van der Waals surface area contributed by atoms with Gasteiger partial charge in [-0.15, -0.1) is 11.3 Å². The Balaban J connectivity index is 2.61. The van der Waals surface area contributed by atoms with Crippen molar-refractivity contribution in [2.45, 2.75) is 45.9 Å². The first-order valence-electron chi connectivity index (χ1n) is 6.80. The second-order valence-electron chi connectivity index (χ2n) is 4.12. The van der Waals surface area contributed by atoms with E-state index in [9.17, 15) is 0 Å². The van der Waals surface area contributed by atoms with Crippen LogP contribution in [0, 0.1) is 0 Å². The van der Waals surface area contributed by atoms with Crippen molar-refractivity contribution < 1.29 is 9.47 Å². The van der Waals surface area contributed by atoms with Gasteiger partial charge in [0.2, 0.25) is 0 Å². The van der Waals surface area contributed by atoms with Gasteiger partial charge in [-0.2, -0.15) is 0 Å². The molecule has 0 aliphatic carbocycles. The Morgan fingerprint density at radius 2 is 1.94 bits per heavy atom. The predicted molar refractivity (Wildman–Crippen MR) is 77.1 cm³/mol. The maximum Gasteiger partial charge on any atom is 0.173 e. The molecule has 0 fully saturated rings. The molecule has 1 aromatic rings. The molecule has 1 N–H and O–H groups in total. The molecular weight excluding hydrogens is 246 g/mol. The van der Waals surface area contributed by atoms with Crippen molar-refractivity contribution in [1.82, 2.24) is 5.32 Å². The summed E-state index contributed by atoms with van der Waals surface area (Å²) in [4.78, 5) is 1.37. The standard InChI is InChI=1S/C14H25NO2S/c1-4-9-15-13(11-12-8-7-10-18-12)14(16-5-2)17-6-3/h7-8,10,13-15H,4-6,9,11H2,1-3H3. The van der Waals surface area contributed by atoms with E-state index in [1.165, 1.54) is 4.88 Å². The molecule has 0 aromatic carbocycles. The summed E-state index contributed by atoms with van der Waals surface area (Å²) in [5, 5.41) is 5.65. The molecule has 1 heterocycles. The molecule has 104 valence electrons. The summed E-state index contributed by atoms with van der Waals surface area (Å²) in [7, 11) is 0. The van der Waals surface area contributed by atoms with Crippen molar-refractivity contribution in [2.75, 3.05) is 19.8 Å². The highest BCUT2D eigenvalue weighted by Crippen LogP contribution is 2.15. The third-order valence-electron chi connectivity index (χ3n) is 2.65. The SMILES string of the molecule is CCCNC(Cc1cccs1)C(OCC)OCC. The fourth-order valence-electron chi connectivity index (χ4n) is 1.85. The number of thiophene rings is 1. The van der Waals surface area contributed by atoms with Crippen LogP contribution in [0.2, 0.25) is 0 Å². The zero-order chi connectivity index (χ0) is 13.2. The van der Waals surface area contributed by atoms with Gasteiger partial charge in [-0.05, 0) is 38.3 Å². The van der Waals surface area contributed by atoms with E-state index in [-0.39, 0.29) is 12.3 Å². The summed E-state index contributed by atoms with van der Waals surface area (Å²) in [5.74, 6) is 0. The number of ether oxygens (including phenoxy) is 2. The molecule has 0 amide bonds. The van der Waals surface area contributed by atoms with E-state index in [4.69, 9.17) is 9.47 Å². The monoisotopic (exact) mass is 271 g/mol. The van der Waals surface area contributed by atoms with Crippen LogP contribution in [0.5, 0.6) is 0 Å². The first-order valence-corrected chi connectivity index (χ1v) is 7.68. The van der Waals surface area contributed by atoms with Crippen LogP contribution in [0.3, 0.4) is 0 Å². The first kappa shape index (κ1) is 15.6. The minimum absolute atomic E-state index is 0.159. The van der Waals surface area contributed by atoms with Crippen molar-refractivity contribution in [3.63, 3.8) is 0 Å². The molecule has 1 unspecified atom stereocenters. The van der Waals surface area contributed by atoms with Crippen LogP contribution in [0.4, 0.5) is 0 Å². The van der Waals surface area contributed by atoms with Gasteiger partial charge in [0.15, 0.2) is 6.29 Å². The van der Waals surface area contributed by atoms with Gasteiger partial charge in [0, 0.05) is 24.5 Å². The van der Waals surface area contributed by atoms with E-state index in [1.54, 1.807) is 11.3 Å². The molecular formula is C14H25NO2S. The molecule has 0 saturated heterocycles. The zero-order valence-electron chi connectivity index (χ0n) is 11.6. The number of hydrogen-bond acceptors (Lipinski definition) is 4. The number of nitrogens with one attached hydrogen (secondary N) is 1. The van der Waals surface area contributed by atoms with Crippen LogP contribution in [-0.4, -0.2) is 32.1 Å². The summed E-state index contributed by atoms with van der Waals surface area (Å²) >= 11 is 1.79. The van der Waals surface area contributed by atoms with E-state index in [1.807, 2.05) is 13.8 Å². The molecule has 18 heavy (non-hydrogen) atoms. The molecule has 0 saturated carbocycles. The Kier molecular flexibility index (Phi) is 8.25. The summed E-state index contributed by atoms with van der Waals surface area (Å²) in [6.07, 6.45) is 1.92. The minimum atomic E-state index is -0.159. The maximum atomic E-state index is 5.71. The van der Waals surface area contributed by atoms with E-state index in [2.05, 4.69) is 29.8 Å². The predicted octanol–water partition coefficient (Wildman–Crippen LogP) is 3.06. The smallest absolute Gasteiger partial charge is 0.173 e. The fourth-order valence-corrected chi connectivity index (χ4v) is 2.61. The van der Waals surface area contributed by atoms with Crippen molar-refractivity contribution in [3.8, 4) is 0 Å². The quantitative estimate of drug-likeness (QED) is 0.663. The van der Waals surface area contributed by atoms with Crippen LogP contribution < -0.4 is 5.32 Å². The Bertz CT molecular complexity index is 284. The minimum Gasteiger partial charge on any atom is -0.351 e. The van der Waals surface area contributed by atoms with Gasteiger partial charge >= 0.3 is 0 Å². The van der Waals surface area contributed by atoms with E-state index in [0.29, 0.717) is 13.2 Å². The number of hydrogen-bond donors (Lipinski definition) is 1. The van der Waals surface area contributed by atoms with Crippen LogP contribution in [-0.2, 0) is 15.9 Å².